The number of benzene rings is 6. The molecule has 0 fully saturated rings. The first-order valence-electron chi connectivity index (χ1n) is 15.5. The summed E-state index contributed by atoms with van der Waals surface area (Å²) in [6.07, 6.45) is -4.54. The standard InChI is InChI=1S/C41H24F3N5/c42-41(43,44)31-20-22-33-32-13-7-8-14-35(32)49(37(33)24-31)36-23-30(27-17-15-26(25-45)16-18-27)19-21-34(36)40-47-38(28-9-3-1-4-10-28)46-39(48-40)29-11-5-2-6-12-29/h1-24H. The molecule has 2 aromatic heterocycles. The van der Waals surface area contributed by atoms with E-state index in [0.29, 0.717) is 45.2 Å². The summed E-state index contributed by atoms with van der Waals surface area (Å²) in [6, 6.07) is 45.7. The summed E-state index contributed by atoms with van der Waals surface area (Å²) in [6.45, 7) is 0. The Morgan fingerprint density at radius 1 is 0.510 bits per heavy atom. The molecule has 2 heterocycles. The Hall–Kier alpha value is -6.59. The number of rotatable bonds is 5. The van der Waals surface area contributed by atoms with Gasteiger partial charge in [-0.2, -0.15) is 18.4 Å². The Labute approximate surface area is 279 Å². The third-order valence-electron chi connectivity index (χ3n) is 8.53. The molecule has 5 nitrogen and oxygen atoms in total. The zero-order valence-electron chi connectivity index (χ0n) is 25.7. The molecular weight excluding hydrogens is 619 g/mol. The lowest BCUT2D eigenvalue weighted by Crippen LogP contribution is -2.06. The van der Waals surface area contributed by atoms with Gasteiger partial charge in [-0.05, 0) is 53.6 Å². The number of hydrogen-bond acceptors (Lipinski definition) is 4. The first-order chi connectivity index (χ1) is 23.9. The van der Waals surface area contributed by atoms with E-state index in [4.69, 9.17) is 15.0 Å². The van der Waals surface area contributed by atoms with Crippen LogP contribution < -0.4 is 0 Å². The molecule has 0 N–H and O–H groups in total. The molecule has 0 bridgehead atoms. The molecule has 0 spiro atoms. The third kappa shape index (κ3) is 5.47. The van der Waals surface area contributed by atoms with Crippen LogP contribution in [0.3, 0.4) is 0 Å². The fourth-order valence-electron chi connectivity index (χ4n) is 6.16. The highest BCUT2D eigenvalue weighted by molar-refractivity contribution is 6.10. The quantitative estimate of drug-likeness (QED) is 0.187. The van der Waals surface area contributed by atoms with E-state index in [1.807, 2.05) is 120 Å². The van der Waals surface area contributed by atoms with Crippen molar-refractivity contribution in [3.05, 3.63) is 157 Å². The Morgan fingerprint density at radius 2 is 1.08 bits per heavy atom. The maximum Gasteiger partial charge on any atom is 0.416 e. The number of hydrogen-bond donors (Lipinski definition) is 0. The van der Waals surface area contributed by atoms with Crippen LogP contribution in [0.25, 0.3) is 72.8 Å². The highest BCUT2D eigenvalue weighted by Crippen LogP contribution is 2.40. The lowest BCUT2D eigenvalue weighted by molar-refractivity contribution is -0.137. The fourth-order valence-corrected chi connectivity index (χ4v) is 6.16. The number of nitrogens with zero attached hydrogens (tertiary/aromatic N) is 5. The zero-order chi connectivity index (χ0) is 33.5. The van der Waals surface area contributed by atoms with Crippen molar-refractivity contribution >= 4 is 21.8 Å². The van der Waals surface area contributed by atoms with Gasteiger partial charge < -0.3 is 4.57 Å². The van der Waals surface area contributed by atoms with Crippen LogP contribution in [0.15, 0.2) is 146 Å². The lowest BCUT2D eigenvalue weighted by atomic mass is 10.0. The summed E-state index contributed by atoms with van der Waals surface area (Å²) < 4.78 is 44.3. The largest absolute Gasteiger partial charge is 0.416 e. The molecule has 0 aliphatic rings. The van der Waals surface area contributed by atoms with Gasteiger partial charge in [0.1, 0.15) is 0 Å². The van der Waals surface area contributed by atoms with Crippen LogP contribution in [-0.4, -0.2) is 19.5 Å². The second-order valence-electron chi connectivity index (χ2n) is 11.5. The molecule has 0 saturated heterocycles. The van der Waals surface area contributed by atoms with Crippen LogP contribution in [0.4, 0.5) is 13.2 Å². The van der Waals surface area contributed by atoms with Gasteiger partial charge in [0.15, 0.2) is 17.5 Å². The third-order valence-corrected chi connectivity index (χ3v) is 8.53. The lowest BCUT2D eigenvalue weighted by Gasteiger charge is -2.17. The number of para-hydroxylation sites is 1. The molecule has 234 valence electrons. The molecule has 6 aromatic carbocycles. The number of fused-ring (bicyclic) bond motifs is 3. The Bertz CT molecular complexity index is 2480. The van der Waals surface area contributed by atoms with E-state index >= 15 is 0 Å². The molecule has 0 saturated carbocycles. The number of alkyl halides is 3. The van der Waals surface area contributed by atoms with Crippen molar-refractivity contribution in [2.45, 2.75) is 6.18 Å². The van der Waals surface area contributed by atoms with E-state index in [1.165, 1.54) is 12.1 Å². The van der Waals surface area contributed by atoms with Crippen molar-refractivity contribution in [3.8, 4) is 57.0 Å². The summed E-state index contributed by atoms with van der Waals surface area (Å²) in [5.74, 6) is 1.30. The van der Waals surface area contributed by atoms with Gasteiger partial charge in [-0.25, -0.2) is 15.0 Å². The summed E-state index contributed by atoms with van der Waals surface area (Å²) in [4.78, 5) is 14.8. The van der Waals surface area contributed by atoms with Crippen molar-refractivity contribution in [2.75, 3.05) is 0 Å². The molecule has 8 heteroatoms. The maximum atomic E-state index is 14.1. The first-order valence-corrected chi connectivity index (χ1v) is 15.5. The molecule has 0 aliphatic heterocycles. The minimum absolute atomic E-state index is 0.368. The van der Waals surface area contributed by atoms with Gasteiger partial charge in [0, 0.05) is 27.5 Å². The monoisotopic (exact) mass is 643 g/mol. The normalized spacial score (nSPS) is 11.6. The second kappa shape index (κ2) is 11.9. The van der Waals surface area contributed by atoms with Crippen LogP contribution in [-0.2, 0) is 6.18 Å². The highest BCUT2D eigenvalue weighted by Gasteiger charge is 2.31. The summed E-state index contributed by atoms with van der Waals surface area (Å²) in [5.41, 5.74) is 5.35. The smallest absolute Gasteiger partial charge is 0.308 e. The highest BCUT2D eigenvalue weighted by atomic mass is 19.4. The van der Waals surface area contributed by atoms with E-state index in [-0.39, 0.29) is 0 Å². The topological polar surface area (TPSA) is 67.4 Å². The van der Waals surface area contributed by atoms with Crippen molar-refractivity contribution in [2.24, 2.45) is 0 Å². The Kier molecular flexibility index (Phi) is 7.23. The van der Waals surface area contributed by atoms with Crippen LogP contribution >= 0.6 is 0 Å². The van der Waals surface area contributed by atoms with Gasteiger partial charge in [-0.15, -0.1) is 0 Å². The molecule has 0 atom stereocenters. The molecule has 49 heavy (non-hydrogen) atoms. The van der Waals surface area contributed by atoms with Crippen LogP contribution in [0.1, 0.15) is 11.1 Å². The number of halogens is 3. The minimum atomic E-state index is -4.54. The summed E-state index contributed by atoms with van der Waals surface area (Å²) in [7, 11) is 0. The molecular formula is C41H24F3N5. The SMILES string of the molecule is N#Cc1ccc(-c2ccc(-c3nc(-c4ccccc4)nc(-c4ccccc4)n3)c(-n3c4ccccc4c4ccc(C(F)(F)F)cc43)c2)cc1. The van der Waals surface area contributed by atoms with E-state index in [1.54, 1.807) is 12.1 Å². The zero-order valence-corrected chi connectivity index (χ0v) is 25.7. The van der Waals surface area contributed by atoms with Crippen molar-refractivity contribution in [3.63, 3.8) is 0 Å². The predicted octanol–water partition coefficient (Wildman–Crippen LogP) is 10.5. The fraction of sp³-hybridized carbons (Fsp3) is 0.0244. The molecule has 8 rings (SSSR count). The Balaban J connectivity index is 1.46. The molecule has 0 amide bonds. The maximum absolute atomic E-state index is 14.1. The first kappa shape index (κ1) is 29.8. The average molecular weight is 644 g/mol. The number of aromatic nitrogens is 4. The van der Waals surface area contributed by atoms with E-state index < -0.39 is 11.7 Å². The van der Waals surface area contributed by atoms with E-state index in [9.17, 15) is 18.4 Å². The summed E-state index contributed by atoms with van der Waals surface area (Å²) in [5, 5.41) is 10.9. The van der Waals surface area contributed by atoms with Gasteiger partial charge in [0.2, 0.25) is 0 Å². The van der Waals surface area contributed by atoms with Gasteiger partial charge in [-0.1, -0.05) is 103 Å². The van der Waals surface area contributed by atoms with Crippen LogP contribution in [0, 0.1) is 11.3 Å². The Morgan fingerprint density at radius 3 is 1.71 bits per heavy atom. The predicted molar refractivity (Wildman–Crippen MR) is 186 cm³/mol. The molecule has 0 aliphatic carbocycles. The van der Waals surface area contributed by atoms with E-state index in [0.717, 1.165) is 39.2 Å². The van der Waals surface area contributed by atoms with Crippen LogP contribution in [0.2, 0.25) is 0 Å². The van der Waals surface area contributed by atoms with E-state index in [2.05, 4.69) is 6.07 Å². The second-order valence-corrected chi connectivity index (χ2v) is 11.5. The van der Waals surface area contributed by atoms with Gasteiger partial charge in [-0.3, -0.25) is 0 Å². The van der Waals surface area contributed by atoms with Crippen molar-refractivity contribution < 1.29 is 13.2 Å². The molecule has 8 aromatic rings. The van der Waals surface area contributed by atoms with Crippen molar-refractivity contribution in [1.82, 2.24) is 19.5 Å². The van der Waals surface area contributed by atoms with Crippen molar-refractivity contribution in [1.29, 1.82) is 5.26 Å². The van der Waals surface area contributed by atoms with Gasteiger partial charge in [0.25, 0.3) is 0 Å². The molecule has 0 radical (unpaired) electrons. The van der Waals surface area contributed by atoms with Crippen LogP contribution in [0.5, 0.6) is 0 Å². The number of nitriles is 1. The van der Waals surface area contributed by atoms with Gasteiger partial charge >= 0.3 is 6.18 Å². The van der Waals surface area contributed by atoms with Gasteiger partial charge in [0.05, 0.1) is 33.9 Å². The summed E-state index contributed by atoms with van der Waals surface area (Å²) >= 11 is 0. The molecule has 0 unspecified atom stereocenters. The average Bonchev–Trinajstić information content (AvgIpc) is 3.48. The minimum Gasteiger partial charge on any atom is -0.308 e.